The van der Waals surface area contributed by atoms with Crippen molar-refractivity contribution in [1.82, 2.24) is 9.97 Å². The van der Waals surface area contributed by atoms with Crippen LogP contribution in [0, 0.1) is 5.92 Å². The predicted octanol–water partition coefficient (Wildman–Crippen LogP) is 4.18. The second-order valence-corrected chi connectivity index (χ2v) is 6.29. The summed E-state index contributed by atoms with van der Waals surface area (Å²) in [6.45, 7) is 1.03. The Kier molecular flexibility index (Phi) is 2.89. The number of aromatic nitrogens is 2. The van der Waals surface area contributed by atoms with Crippen LogP contribution in [0.5, 0.6) is 0 Å². The van der Waals surface area contributed by atoms with E-state index in [-0.39, 0.29) is 0 Å². The van der Waals surface area contributed by atoms with Crippen LogP contribution in [-0.2, 0) is 0 Å². The highest BCUT2D eigenvalue weighted by Crippen LogP contribution is 2.36. The van der Waals surface area contributed by atoms with Gasteiger partial charge < -0.3 is 5.32 Å². The van der Waals surface area contributed by atoms with Gasteiger partial charge in [0.1, 0.15) is 12.1 Å². The van der Waals surface area contributed by atoms with Crippen LogP contribution in [0.1, 0.15) is 12.8 Å². The summed E-state index contributed by atoms with van der Waals surface area (Å²) < 4.78 is 1.16. The lowest BCUT2D eigenvalue weighted by Gasteiger charge is -2.04. The van der Waals surface area contributed by atoms with Crippen LogP contribution in [0.4, 0.5) is 5.82 Å². The molecule has 1 fully saturated rings. The minimum Gasteiger partial charge on any atom is -0.369 e. The minimum absolute atomic E-state index is 0.841. The normalized spacial score (nSPS) is 14.6. The van der Waals surface area contributed by atoms with Gasteiger partial charge in [-0.1, -0.05) is 30.3 Å². The molecule has 0 radical (unpaired) electrons. The van der Waals surface area contributed by atoms with Crippen LogP contribution in [0.3, 0.4) is 0 Å². The van der Waals surface area contributed by atoms with Crippen LogP contribution in [0.2, 0.25) is 0 Å². The zero-order valence-corrected chi connectivity index (χ0v) is 11.9. The summed E-state index contributed by atoms with van der Waals surface area (Å²) in [7, 11) is 0. The van der Waals surface area contributed by atoms with Crippen molar-refractivity contribution in [2.24, 2.45) is 5.92 Å². The van der Waals surface area contributed by atoms with E-state index in [1.165, 1.54) is 23.3 Å². The number of hydrogen-bond donors (Lipinski definition) is 1. The van der Waals surface area contributed by atoms with E-state index in [1.54, 1.807) is 17.7 Å². The van der Waals surface area contributed by atoms with Crippen molar-refractivity contribution in [3.05, 3.63) is 42.7 Å². The SMILES string of the molecule is c1ccc(-c2cc3ncnc(NCC4CC4)c3s2)cc1. The zero-order chi connectivity index (χ0) is 13.4. The Morgan fingerprint density at radius 2 is 2.00 bits per heavy atom. The van der Waals surface area contributed by atoms with Crippen molar-refractivity contribution in [2.75, 3.05) is 11.9 Å². The molecule has 0 saturated heterocycles. The number of nitrogens with one attached hydrogen (secondary N) is 1. The third-order valence-electron chi connectivity index (χ3n) is 3.62. The third-order valence-corrected chi connectivity index (χ3v) is 4.80. The summed E-state index contributed by atoms with van der Waals surface area (Å²) in [6.07, 6.45) is 4.35. The smallest absolute Gasteiger partial charge is 0.147 e. The molecule has 0 spiro atoms. The number of thiophene rings is 1. The fourth-order valence-electron chi connectivity index (χ4n) is 2.29. The molecular formula is C16H15N3S. The molecule has 0 atom stereocenters. The van der Waals surface area contributed by atoms with Crippen LogP contribution in [-0.4, -0.2) is 16.5 Å². The van der Waals surface area contributed by atoms with Gasteiger partial charge >= 0.3 is 0 Å². The fourth-order valence-corrected chi connectivity index (χ4v) is 3.37. The maximum atomic E-state index is 4.40. The van der Waals surface area contributed by atoms with Gasteiger partial charge in [-0.15, -0.1) is 11.3 Å². The monoisotopic (exact) mass is 281 g/mol. The average Bonchev–Trinajstić information content (AvgIpc) is 3.22. The van der Waals surface area contributed by atoms with Gasteiger partial charge in [0.2, 0.25) is 0 Å². The second kappa shape index (κ2) is 4.87. The Morgan fingerprint density at radius 3 is 2.80 bits per heavy atom. The van der Waals surface area contributed by atoms with E-state index in [1.807, 2.05) is 6.07 Å². The predicted molar refractivity (Wildman–Crippen MR) is 84.1 cm³/mol. The molecule has 1 saturated carbocycles. The summed E-state index contributed by atoms with van der Waals surface area (Å²) in [5.41, 5.74) is 2.27. The van der Waals surface area contributed by atoms with Crippen LogP contribution in [0.15, 0.2) is 42.7 Å². The Morgan fingerprint density at radius 1 is 1.15 bits per heavy atom. The Balaban J connectivity index is 1.72. The Hall–Kier alpha value is -1.94. The average molecular weight is 281 g/mol. The first kappa shape index (κ1) is 11.9. The fraction of sp³-hybridized carbons (Fsp3) is 0.250. The van der Waals surface area contributed by atoms with Gasteiger partial charge in [-0.25, -0.2) is 9.97 Å². The van der Waals surface area contributed by atoms with Crippen LogP contribution >= 0.6 is 11.3 Å². The van der Waals surface area contributed by atoms with E-state index in [0.717, 1.165) is 28.5 Å². The molecule has 0 bridgehead atoms. The number of anilines is 1. The molecule has 100 valence electrons. The topological polar surface area (TPSA) is 37.8 Å². The molecule has 4 heteroatoms. The lowest BCUT2D eigenvalue weighted by Crippen LogP contribution is -2.04. The van der Waals surface area contributed by atoms with Crippen LogP contribution in [0.25, 0.3) is 20.7 Å². The minimum atomic E-state index is 0.841. The molecule has 2 heterocycles. The molecule has 3 aromatic rings. The molecule has 0 amide bonds. The Labute approximate surface area is 121 Å². The van der Waals surface area contributed by atoms with Crippen molar-refractivity contribution in [2.45, 2.75) is 12.8 Å². The van der Waals surface area contributed by atoms with E-state index in [2.05, 4.69) is 45.6 Å². The molecule has 20 heavy (non-hydrogen) atoms. The molecule has 1 N–H and O–H groups in total. The summed E-state index contributed by atoms with van der Waals surface area (Å²) in [5, 5.41) is 3.47. The lowest BCUT2D eigenvalue weighted by molar-refractivity contribution is 0.884. The highest BCUT2D eigenvalue weighted by Gasteiger charge is 2.21. The summed E-state index contributed by atoms with van der Waals surface area (Å²) in [5.74, 6) is 1.82. The van der Waals surface area contributed by atoms with E-state index in [9.17, 15) is 0 Å². The third kappa shape index (κ3) is 2.27. The highest BCUT2D eigenvalue weighted by atomic mass is 32.1. The quantitative estimate of drug-likeness (QED) is 0.779. The highest BCUT2D eigenvalue weighted by molar-refractivity contribution is 7.22. The van der Waals surface area contributed by atoms with Gasteiger partial charge in [0, 0.05) is 11.4 Å². The molecule has 1 aliphatic rings. The van der Waals surface area contributed by atoms with Crippen LogP contribution < -0.4 is 5.32 Å². The number of rotatable bonds is 4. The zero-order valence-electron chi connectivity index (χ0n) is 11.0. The summed E-state index contributed by atoms with van der Waals surface area (Å²) in [6, 6.07) is 12.6. The largest absolute Gasteiger partial charge is 0.369 e. The lowest BCUT2D eigenvalue weighted by atomic mass is 10.2. The molecule has 0 unspecified atom stereocenters. The maximum absolute atomic E-state index is 4.40. The molecule has 2 aromatic heterocycles. The molecule has 0 aliphatic heterocycles. The van der Waals surface area contributed by atoms with E-state index in [0.29, 0.717) is 0 Å². The molecule has 1 aromatic carbocycles. The second-order valence-electron chi connectivity index (χ2n) is 5.24. The molecule has 4 rings (SSSR count). The first-order chi connectivity index (χ1) is 9.90. The van der Waals surface area contributed by atoms with Crippen molar-refractivity contribution in [1.29, 1.82) is 0 Å². The number of nitrogens with zero attached hydrogens (tertiary/aromatic N) is 2. The van der Waals surface area contributed by atoms with E-state index >= 15 is 0 Å². The first-order valence-corrected chi connectivity index (χ1v) is 7.75. The van der Waals surface area contributed by atoms with Gasteiger partial charge in [-0.2, -0.15) is 0 Å². The number of hydrogen-bond acceptors (Lipinski definition) is 4. The number of benzene rings is 1. The van der Waals surface area contributed by atoms with E-state index in [4.69, 9.17) is 0 Å². The summed E-state index contributed by atoms with van der Waals surface area (Å²) >= 11 is 1.76. The van der Waals surface area contributed by atoms with Gasteiger partial charge in [-0.05, 0) is 30.4 Å². The van der Waals surface area contributed by atoms with Gasteiger partial charge in [0.05, 0.1) is 10.2 Å². The van der Waals surface area contributed by atoms with Crippen molar-refractivity contribution >= 4 is 27.4 Å². The standard InChI is InChI=1S/C16H15N3S/c1-2-4-12(5-3-1)14-8-13-15(20-14)16(19-10-18-13)17-9-11-6-7-11/h1-5,8,10-11H,6-7,9H2,(H,17,18,19). The van der Waals surface area contributed by atoms with Gasteiger partial charge in [-0.3, -0.25) is 0 Å². The van der Waals surface area contributed by atoms with Crippen molar-refractivity contribution in [3.8, 4) is 10.4 Å². The number of fused-ring (bicyclic) bond motifs is 1. The van der Waals surface area contributed by atoms with Crippen molar-refractivity contribution < 1.29 is 0 Å². The van der Waals surface area contributed by atoms with Crippen molar-refractivity contribution in [3.63, 3.8) is 0 Å². The Bertz CT molecular complexity index is 732. The van der Waals surface area contributed by atoms with E-state index < -0.39 is 0 Å². The first-order valence-electron chi connectivity index (χ1n) is 6.94. The van der Waals surface area contributed by atoms with Gasteiger partial charge in [0.25, 0.3) is 0 Å². The van der Waals surface area contributed by atoms with Gasteiger partial charge in [0.15, 0.2) is 0 Å². The summed E-state index contributed by atoms with van der Waals surface area (Å²) in [4.78, 5) is 10.0. The maximum Gasteiger partial charge on any atom is 0.147 e. The molecule has 3 nitrogen and oxygen atoms in total. The molecule has 1 aliphatic carbocycles. The molecular weight excluding hydrogens is 266 g/mol.